The van der Waals surface area contributed by atoms with Crippen LogP contribution >= 0.6 is 0 Å². The van der Waals surface area contributed by atoms with Crippen molar-refractivity contribution in [2.75, 3.05) is 6.54 Å². The van der Waals surface area contributed by atoms with Gasteiger partial charge in [0.05, 0.1) is 6.20 Å². The SMILES string of the molecule is CCNC(Cc1cccc(O)c1)c1ccncc1F. The number of rotatable bonds is 5. The van der Waals surface area contributed by atoms with Crippen LogP contribution in [0, 0.1) is 5.82 Å². The molecule has 3 nitrogen and oxygen atoms in total. The van der Waals surface area contributed by atoms with Gasteiger partial charge in [0, 0.05) is 17.8 Å². The molecule has 1 aromatic heterocycles. The summed E-state index contributed by atoms with van der Waals surface area (Å²) in [6.07, 6.45) is 3.43. The molecule has 2 rings (SSSR count). The van der Waals surface area contributed by atoms with Crippen LogP contribution < -0.4 is 5.32 Å². The van der Waals surface area contributed by atoms with Gasteiger partial charge in [-0.15, -0.1) is 0 Å². The zero-order chi connectivity index (χ0) is 13.7. The summed E-state index contributed by atoms with van der Waals surface area (Å²) in [5.74, 6) is -0.0865. The number of hydrogen-bond donors (Lipinski definition) is 2. The Morgan fingerprint density at radius 3 is 2.89 bits per heavy atom. The van der Waals surface area contributed by atoms with E-state index in [0.29, 0.717) is 12.0 Å². The zero-order valence-electron chi connectivity index (χ0n) is 10.8. The standard InChI is InChI=1S/C15H17FN2O/c1-2-18-15(13-6-7-17-10-14(13)16)9-11-4-3-5-12(19)8-11/h3-8,10,15,18-19H,2,9H2,1H3. The third-order valence-electron chi connectivity index (χ3n) is 2.98. The first kappa shape index (κ1) is 13.5. The van der Waals surface area contributed by atoms with Crippen LogP contribution in [-0.4, -0.2) is 16.6 Å². The van der Waals surface area contributed by atoms with E-state index in [9.17, 15) is 9.50 Å². The number of phenolic OH excluding ortho intramolecular Hbond substituents is 1. The fourth-order valence-corrected chi connectivity index (χ4v) is 2.13. The minimum atomic E-state index is -0.311. The topological polar surface area (TPSA) is 45.1 Å². The Morgan fingerprint density at radius 1 is 1.37 bits per heavy atom. The van der Waals surface area contributed by atoms with Gasteiger partial charge in [-0.25, -0.2) is 4.39 Å². The van der Waals surface area contributed by atoms with Gasteiger partial charge in [-0.3, -0.25) is 4.98 Å². The molecule has 0 radical (unpaired) electrons. The summed E-state index contributed by atoms with van der Waals surface area (Å²) in [5.41, 5.74) is 1.56. The number of aromatic hydroxyl groups is 1. The second kappa shape index (κ2) is 6.29. The van der Waals surface area contributed by atoms with Gasteiger partial charge < -0.3 is 10.4 Å². The molecule has 0 aliphatic rings. The van der Waals surface area contributed by atoms with E-state index >= 15 is 0 Å². The van der Waals surface area contributed by atoms with E-state index in [4.69, 9.17) is 0 Å². The van der Waals surface area contributed by atoms with E-state index in [2.05, 4.69) is 10.3 Å². The summed E-state index contributed by atoms with van der Waals surface area (Å²) in [7, 11) is 0. The molecule has 0 amide bonds. The maximum atomic E-state index is 13.8. The molecule has 0 aliphatic carbocycles. The summed E-state index contributed by atoms with van der Waals surface area (Å²) in [6.45, 7) is 2.72. The van der Waals surface area contributed by atoms with E-state index in [1.54, 1.807) is 30.5 Å². The second-order valence-corrected chi connectivity index (χ2v) is 4.38. The van der Waals surface area contributed by atoms with E-state index in [0.717, 1.165) is 12.1 Å². The first-order valence-corrected chi connectivity index (χ1v) is 6.31. The van der Waals surface area contributed by atoms with Crippen molar-refractivity contribution in [1.82, 2.24) is 10.3 Å². The molecule has 2 N–H and O–H groups in total. The van der Waals surface area contributed by atoms with Gasteiger partial charge in [-0.2, -0.15) is 0 Å². The van der Waals surface area contributed by atoms with Crippen LogP contribution in [0.15, 0.2) is 42.7 Å². The first-order chi connectivity index (χ1) is 9.20. The molecule has 0 spiro atoms. The Balaban J connectivity index is 2.24. The Hall–Kier alpha value is -1.94. The normalized spacial score (nSPS) is 12.3. The van der Waals surface area contributed by atoms with Crippen molar-refractivity contribution < 1.29 is 9.50 Å². The van der Waals surface area contributed by atoms with Crippen LogP contribution in [0.25, 0.3) is 0 Å². The van der Waals surface area contributed by atoms with Gasteiger partial charge >= 0.3 is 0 Å². The van der Waals surface area contributed by atoms with Crippen LogP contribution in [0.5, 0.6) is 5.75 Å². The molecular weight excluding hydrogens is 243 g/mol. The number of likely N-dealkylation sites (N-methyl/N-ethyl adjacent to an activating group) is 1. The lowest BCUT2D eigenvalue weighted by molar-refractivity contribution is 0.472. The number of pyridine rings is 1. The fourth-order valence-electron chi connectivity index (χ4n) is 2.13. The van der Waals surface area contributed by atoms with Gasteiger partial charge in [-0.05, 0) is 36.7 Å². The fraction of sp³-hybridized carbons (Fsp3) is 0.267. The zero-order valence-corrected chi connectivity index (χ0v) is 10.8. The van der Waals surface area contributed by atoms with Crippen molar-refractivity contribution in [3.8, 4) is 5.75 Å². The smallest absolute Gasteiger partial charge is 0.146 e. The lowest BCUT2D eigenvalue weighted by atomic mass is 9.99. The Bertz CT molecular complexity index is 545. The third kappa shape index (κ3) is 3.51. The molecule has 4 heteroatoms. The quantitative estimate of drug-likeness (QED) is 0.869. The monoisotopic (exact) mass is 260 g/mol. The highest BCUT2D eigenvalue weighted by Crippen LogP contribution is 2.22. The number of hydrogen-bond acceptors (Lipinski definition) is 3. The lowest BCUT2D eigenvalue weighted by Gasteiger charge is -2.19. The van der Waals surface area contributed by atoms with Crippen molar-refractivity contribution in [2.24, 2.45) is 0 Å². The molecular formula is C15H17FN2O. The summed E-state index contributed by atoms with van der Waals surface area (Å²) in [4.78, 5) is 3.77. The summed E-state index contributed by atoms with van der Waals surface area (Å²) in [5, 5.41) is 12.7. The highest BCUT2D eigenvalue weighted by molar-refractivity contribution is 5.29. The van der Waals surface area contributed by atoms with Crippen LogP contribution in [0.1, 0.15) is 24.1 Å². The molecule has 100 valence electrons. The van der Waals surface area contributed by atoms with Crippen LogP contribution in [0.3, 0.4) is 0 Å². The minimum absolute atomic E-state index is 0.130. The van der Waals surface area contributed by atoms with Gasteiger partial charge in [-0.1, -0.05) is 19.1 Å². The molecule has 1 aromatic carbocycles. The second-order valence-electron chi connectivity index (χ2n) is 4.38. The van der Waals surface area contributed by atoms with E-state index in [1.807, 2.05) is 13.0 Å². The predicted molar refractivity (Wildman–Crippen MR) is 72.4 cm³/mol. The molecule has 19 heavy (non-hydrogen) atoms. The van der Waals surface area contributed by atoms with Crippen molar-refractivity contribution in [1.29, 1.82) is 0 Å². The minimum Gasteiger partial charge on any atom is -0.508 e. The van der Waals surface area contributed by atoms with Crippen molar-refractivity contribution >= 4 is 0 Å². The molecule has 1 atom stereocenters. The number of nitrogens with zero attached hydrogens (tertiary/aromatic N) is 1. The number of nitrogens with one attached hydrogen (secondary N) is 1. The van der Waals surface area contributed by atoms with Crippen LogP contribution in [-0.2, 0) is 6.42 Å². The molecule has 0 bridgehead atoms. The maximum absolute atomic E-state index is 13.8. The summed E-state index contributed by atoms with van der Waals surface area (Å²) in [6, 6.07) is 8.59. The average Bonchev–Trinajstić information content (AvgIpc) is 2.39. The number of phenols is 1. The molecule has 0 saturated carbocycles. The number of aromatic nitrogens is 1. The van der Waals surface area contributed by atoms with Gasteiger partial charge in [0.1, 0.15) is 11.6 Å². The molecule has 0 aliphatic heterocycles. The maximum Gasteiger partial charge on any atom is 0.146 e. The van der Waals surface area contributed by atoms with Crippen molar-refractivity contribution in [3.05, 3.63) is 59.7 Å². The van der Waals surface area contributed by atoms with Crippen LogP contribution in [0.2, 0.25) is 0 Å². The third-order valence-corrected chi connectivity index (χ3v) is 2.98. The predicted octanol–water partition coefficient (Wildman–Crippen LogP) is 2.82. The Kier molecular flexibility index (Phi) is 4.47. The van der Waals surface area contributed by atoms with E-state index in [1.165, 1.54) is 6.20 Å². The molecule has 0 fully saturated rings. The van der Waals surface area contributed by atoms with Crippen LogP contribution in [0.4, 0.5) is 4.39 Å². The first-order valence-electron chi connectivity index (χ1n) is 6.31. The van der Waals surface area contributed by atoms with E-state index < -0.39 is 0 Å². The number of benzene rings is 1. The van der Waals surface area contributed by atoms with Gasteiger partial charge in [0.25, 0.3) is 0 Å². The molecule has 1 heterocycles. The molecule has 2 aromatic rings. The summed E-state index contributed by atoms with van der Waals surface area (Å²) >= 11 is 0. The van der Waals surface area contributed by atoms with Gasteiger partial charge in [0.15, 0.2) is 0 Å². The van der Waals surface area contributed by atoms with E-state index in [-0.39, 0.29) is 17.6 Å². The Morgan fingerprint density at radius 2 is 2.21 bits per heavy atom. The lowest BCUT2D eigenvalue weighted by Crippen LogP contribution is -2.24. The van der Waals surface area contributed by atoms with Crippen molar-refractivity contribution in [3.63, 3.8) is 0 Å². The summed E-state index contributed by atoms with van der Waals surface area (Å²) < 4.78 is 13.8. The number of halogens is 1. The van der Waals surface area contributed by atoms with Crippen molar-refractivity contribution in [2.45, 2.75) is 19.4 Å². The van der Waals surface area contributed by atoms with Gasteiger partial charge in [0.2, 0.25) is 0 Å². The highest BCUT2D eigenvalue weighted by atomic mass is 19.1. The Labute approximate surface area is 112 Å². The highest BCUT2D eigenvalue weighted by Gasteiger charge is 2.15. The molecule has 0 saturated heterocycles. The largest absolute Gasteiger partial charge is 0.508 e. The molecule has 1 unspecified atom stereocenters. The average molecular weight is 260 g/mol.